The summed E-state index contributed by atoms with van der Waals surface area (Å²) in [6.07, 6.45) is 3.69. The number of piperidine rings is 1. The third-order valence-electron chi connectivity index (χ3n) is 6.18. The van der Waals surface area contributed by atoms with E-state index in [0.717, 1.165) is 48.4 Å². The van der Waals surface area contributed by atoms with Crippen molar-refractivity contribution in [3.8, 4) is 11.5 Å². The third kappa shape index (κ3) is 3.83. The van der Waals surface area contributed by atoms with Crippen LogP contribution in [0.4, 0.5) is 0 Å². The SMILES string of the molecule is Cc1c(-c2nnc(CN3CCC(Cc4ccccc4)CC3)[nH]2)[nH]c2ccccc12. The lowest BCUT2D eigenvalue weighted by Gasteiger charge is -2.31. The predicted octanol–water partition coefficient (Wildman–Crippen LogP) is 4.72. The number of fused-ring (bicyclic) bond motifs is 1. The Balaban J connectivity index is 1.21. The predicted molar refractivity (Wildman–Crippen MR) is 117 cm³/mol. The van der Waals surface area contributed by atoms with Crippen LogP contribution in [0.15, 0.2) is 54.6 Å². The molecule has 1 fully saturated rings. The molecule has 0 bridgehead atoms. The largest absolute Gasteiger partial charge is 0.352 e. The fourth-order valence-electron chi connectivity index (χ4n) is 4.51. The van der Waals surface area contributed by atoms with Crippen LogP contribution in [0.2, 0.25) is 0 Å². The summed E-state index contributed by atoms with van der Waals surface area (Å²) >= 11 is 0. The lowest BCUT2D eigenvalue weighted by atomic mass is 9.90. The van der Waals surface area contributed by atoms with E-state index in [4.69, 9.17) is 0 Å². The van der Waals surface area contributed by atoms with Gasteiger partial charge in [0.1, 0.15) is 5.82 Å². The summed E-state index contributed by atoms with van der Waals surface area (Å²) < 4.78 is 0. The first-order valence-corrected chi connectivity index (χ1v) is 10.5. The smallest absolute Gasteiger partial charge is 0.178 e. The number of H-pyrrole nitrogens is 2. The van der Waals surface area contributed by atoms with E-state index in [0.29, 0.717) is 0 Å². The van der Waals surface area contributed by atoms with E-state index in [2.05, 4.69) is 86.6 Å². The summed E-state index contributed by atoms with van der Waals surface area (Å²) in [4.78, 5) is 9.40. The lowest BCUT2D eigenvalue weighted by Crippen LogP contribution is -2.34. The third-order valence-corrected chi connectivity index (χ3v) is 6.18. The Hall–Kier alpha value is -2.92. The van der Waals surface area contributed by atoms with Crippen LogP contribution >= 0.6 is 0 Å². The Kier molecular flexibility index (Phi) is 4.90. The molecule has 1 aliphatic rings. The van der Waals surface area contributed by atoms with Gasteiger partial charge in [-0.1, -0.05) is 48.5 Å². The number of benzene rings is 2. The maximum Gasteiger partial charge on any atom is 0.178 e. The van der Waals surface area contributed by atoms with Crippen molar-refractivity contribution in [1.82, 2.24) is 25.1 Å². The normalized spacial score (nSPS) is 15.9. The second kappa shape index (κ2) is 7.84. The molecule has 0 unspecified atom stereocenters. The lowest BCUT2D eigenvalue weighted by molar-refractivity contribution is 0.173. The van der Waals surface area contributed by atoms with E-state index in [1.165, 1.54) is 35.8 Å². The molecule has 3 heterocycles. The highest BCUT2D eigenvalue weighted by atomic mass is 15.3. The summed E-state index contributed by atoms with van der Waals surface area (Å²) in [6, 6.07) is 19.2. The van der Waals surface area contributed by atoms with Crippen molar-refractivity contribution >= 4 is 10.9 Å². The minimum atomic E-state index is 0.785. The van der Waals surface area contributed by atoms with Crippen molar-refractivity contribution in [2.75, 3.05) is 13.1 Å². The standard InChI is InChI=1S/C24H27N5/c1-17-20-9-5-6-10-21(20)25-23(17)24-26-22(27-28-24)16-29-13-11-19(12-14-29)15-18-7-3-2-4-8-18/h2-10,19,25H,11-16H2,1H3,(H,26,27,28). The summed E-state index contributed by atoms with van der Waals surface area (Å²) in [6.45, 7) is 5.22. The van der Waals surface area contributed by atoms with Gasteiger partial charge in [0.25, 0.3) is 0 Å². The first-order valence-electron chi connectivity index (χ1n) is 10.5. The quantitative estimate of drug-likeness (QED) is 0.523. The Bertz CT molecular complexity index is 1090. The van der Waals surface area contributed by atoms with E-state index >= 15 is 0 Å². The Morgan fingerprint density at radius 2 is 1.69 bits per heavy atom. The average Bonchev–Trinajstić information content (AvgIpc) is 3.35. The summed E-state index contributed by atoms with van der Waals surface area (Å²) in [5.74, 6) is 2.56. The van der Waals surface area contributed by atoms with Gasteiger partial charge in [-0.15, -0.1) is 10.2 Å². The molecule has 0 saturated carbocycles. The molecule has 0 atom stereocenters. The molecule has 2 N–H and O–H groups in total. The van der Waals surface area contributed by atoms with Crippen LogP contribution in [-0.2, 0) is 13.0 Å². The molecule has 2 aromatic carbocycles. The second-order valence-corrected chi connectivity index (χ2v) is 8.20. The maximum atomic E-state index is 4.42. The molecule has 5 rings (SSSR count). The van der Waals surface area contributed by atoms with Gasteiger partial charge >= 0.3 is 0 Å². The van der Waals surface area contributed by atoms with Gasteiger partial charge in [0.2, 0.25) is 0 Å². The maximum absolute atomic E-state index is 4.42. The number of hydrogen-bond donors (Lipinski definition) is 2. The molecule has 2 aromatic heterocycles. The number of nitrogens with zero attached hydrogens (tertiary/aromatic N) is 3. The molecule has 1 aliphatic heterocycles. The van der Waals surface area contributed by atoms with Crippen molar-refractivity contribution in [1.29, 1.82) is 0 Å². The molecule has 0 spiro atoms. The minimum absolute atomic E-state index is 0.785. The van der Waals surface area contributed by atoms with Gasteiger partial charge in [0, 0.05) is 10.9 Å². The highest BCUT2D eigenvalue weighted by Gasteiger charge is 2.21. The first-order chi connectivity index (χ1) is 14.3. The van der Waals surface area contributed by atoms with Gasteiger partial charge in [0.15, 0.2) is 5.82 Å². The Morgan fingerprint density at radius 1 is 0.931 bits per heavy atom. The molecule has 0 amide bonds. The van der Waals surface area contributed by atoms with Crippen LogP contribution in [0.25, 0.3) is 22.4 Å². The molecule has 1 saturated heterocycles. The van der Waals surface area contributed by atoms with Gasteiger partial charge < -0.3 is 9.97 Å². The highest BCUT2D eigenvalue weighted by molar-refractivity contribution is 5.89. The molecular formula is C24H27N5. The number of aromatic amines is 2. The van der Waals surface area contributed by atoms with Gasteiger partial charge in [-0.25, -0.2) is 0 Å². The van der Waals surface area contributed by atoms with Crippen molar-refractivity contribution in [3.05, 3.63) is 71.5 Å². The molecule has 5 nitrogen and oxygen atoms in total. The number of para-hydroxylation sites is 1. The van der Waals surface area contributed by atoms with Crippen molar-refractivity contribution in [3.63, 3.8) is 0 Å². The van der Waals surface area contributed by atoms with E-state index in [1.807, 2.05) is 0 Å². The van der Waals surface area contributed by atoms with Crippen LogP contribution in [0.3, 0.4) is 0 Å². The van der Waals surface area contributed by atoms with Gasteiger partial charge in [-0.3, -0.25) is 4.90 Å². The van der Waals surface area contributed by atoms with Crippen LogP contribution in [0.1, 0.15) is 29.8 Å². The first kappa shape index (κ1) is 18.1. The van der Waals surface area contributed by atoms with E-state index < -0.39 is 0 Å². The zero-order valence-electron chi connectivity index (χ0n) is 16.9. The van der Waals surface area contributed by atoms with Crippen LogP contribution in [0, 0.1) is 12.8 Å². The van der Waals surface area contributed by atoms with Crippen molar-refractivity contribution < 1.29 is 0 Å². The van der Waals surface area contributed by atoms with E-state index in [-0.39, 0.29) is 0 Å². The molecule has 5 heteroatoms. The zero-order valence-corrected chi connectivity index (χ0v) is 16.9. The molecule has 0 radical (unpaired) electrons. The number of aromatic nitrogens is 4. The van der Waals surface area contributed by atoms with Crippen LogP contribution in [0.5, 0.6) is 0 Å². The number of likely N-dealkylation sites (tertiary alicyclic amines) is 1. The highest BCUT2D eigenvalue weighted by Crippen LogP contribution is 2.28. The fraction of sp³-hybridized carbons (Fsp3) is 0.333. The van der Waals surface area contributed by atoms with Gasteiger partial charge in [-0.05, 0) is 62.4 Å². The number of rotatable bonds is 5. The zero-order chi connectivity index (χ0) is 19.6. The summed E-state index contributed by atoms with van der Waals surface area (Å²) in [5, 5.41) is 10.1. The summed E-state index contributed by atoms with van der Waals surface area (Å²) in [7, 11) is 0. The van der Waals surface area contributed by atoms with E-state index in [9.17, 15) is 0 Å². The molecule has 148 valence electrons. The Morgan fingerprint density at radius 3 is 2.48 bits per heavy atom. The fourth-order valence-corrected chi connectivity index (χ4v) is 4.51. The monoisotopic (exact) mass is 385 g/mol. The molecule has 0 aliphatic carbocycles. The molecular weight excluding hydrogens is 358 g/mol. The number of hydrogen-bond acceptors (Lipinski definition) is 3. The van der Waals surface area contributed by atoms with Crippen molar-refractivity contribution in [2.24, 2.45) is 5.92 Å². The molecule has 4 aromatic rings. The Labute approximate surface area is 171 Å². The number of nitrogens with one attached hydrogen (secondary N) is 2. The number of aryl methyl sites for hydroxylation is 1. The van der Waals surface area contributed by atoms with Crippen LogP contribution < -0.4 is 0 Å². The van der Waals surface area contributed by atoms with Crippen molar-refractivity contribution in [2.45, 2.75) is 32.7 Å². The van der Waals surface area contributed by atoms with E-state index in [1.54, 1.807) is 0 Å². The summed E-state index contributed by atoms with van der Waals surface area (Å²) in [5.41, 5.74) is 4.84. The average molecular weight is 386 g/mol. The topological polar surface area (TPSA) is 60.6 Å². The minimum Gasteiger partial charge on any atom is -0.352 e. The molecule has 29 heavy (non-hydrogen) atoms. The van der Waals surface area contributed by atoms with Crippen LogP contribution in [-0.4, -0.2) is 38.2 Å². The second-order valence-electron chi connectivity index (χ2n) is 8.20. The van der Waals surface area contributed by atoms with Gasteiger partial charge in [-0.2, -0.15) is 0 Å². The van der Waals surface area contributed by atoms with Gasteiger partial charge in [0.05, 0.1) is 12.2 Å².